The first-order valence-electron chi connectivity index (χ1n) is 7.73. The van der Waals surface area contributed by atoms with Gasteiger partial charge in [-0.1, -0.05) is 19.9 Å². The quantitative estimate of drug-likeness (QED) is 0.773. The molecule has 0 aliphatic rings. The first-order valence-corrected chi connectivity index (χ1v) is 7.73. The van der Waals surface area contributed by atoms with Crippen LogP contribution in [0.25, 0.3) is 0 Å². The summed E-state index contributed by atoms with van der Waals surface area (Å²) in [5, 5.41) is 12.0. The minimum Gasteiger partial charge on any atom is -0.396 e. The largest absolute Gasteiger partial charge is 0.396 e. The fraction of sp³-hybridized carbons (Fsp3) is 0.588. The molecule has 0 heterocycles. The van der Waals surface area contributed by atoms with E-state index < -0.39 is 23.5 Å². The summed E-state index contributed by atoms with van der Waals surface area (Å²) < 4.78 is 27.5. The molecule has 0 aromatic heterocycles. The van der Waals surface area contributed by atoms with Gasteiger partial charge in [0.25, 0.3) is 0 Å². The number of hydrogen-bond donors (Lipinski definition) is 2. The van der Waals surface area contributed by atoms with Crippen molar-refractivity contribution in [2.45, 2.75) is 46.0 Å². The van der Waals surface area contributed by atoms with Crippen LogP contribution in [-0.2, 0) is 4.79 Å². The van der Waals surface area contributed by atoms with Crippen LogP contribution in [0.5, 0.6) is 0 Å². The highest BCUT2D eigenvalue weighted by Crippen LogP contribution is 2.30. The highest BCUT2D eigenvalue weighted by molar-refractivity contribution is 5.83. The third-order valence-corrected chi connectivity index (χ3v) is 4.61. The number of amides is 1. The number of carbonyl (C=O) groups is 1. The second-order valence-electron chi connectivity index (χ2n) is 5.76. The van der Waals surface area contributed by atoms with E-state index in [0.29, 0.717) is 13.0 Å². The average molecular weight is 313 g/mol. The van der Waals surface area contributed by atoms with Gasteiger partial charge in [0.05, 0.1) is 5.92 Å². The summed E-state index contributed by atoms with van der Waals surface area (Å²) >= 11 is 0. The Hall–Kier alpha value is -1.49. The van der Waals surface area contributed by atoms with Crippen LogP contribution in [0.2, 0.25) is 0 Å². The molecule has 1 aromatic carbocycles. The van der Waals surface area contributed by atoms with E-state index in [2.05, 4.69) is 5.32 Å². The van der Waals surface area contributed by atoms with Crippen molar-refractivity contribution in [2.24, 2.45) is 5.41 Å². The number of rotatable bonds is 8. The molecule has 1 atom stereocenters. The third-order valence-electron chi connectivity index (χ3n) is 4.61. The number of halogens is 2. The molecule has 0 aliphatic carbocycles. The minimum atomic E-state index is -0.901. The zero-order valence-electron chi connectivity index (χ0n) is 13.5. The van der Waals surface area contributed by atoms with E-state index in [1.54, 1.807) is 0 Å². The zero-order valence-corrected chi connectivity index (χ0v) is 13.5. The highest BCUT2D eigenvalue weighted by Gasteiger charge is 2.28. The van der Waals surface area contributed by atoms with E-state index in [1.807, 2.05) is 13.8 Å². The molecule has 0 aliphatic heterocycles. The van der Waals surface area contributed by atoms with Gasteiger partial charge in [-0.3, -0.25) is 4.79 Å². The topological polar surface area (TPSA) is 49.3 Å². The Bertz CT molecular complexity index is 481. The second-order valence-corrected chi connectivity index (χ2v) is 5.76. The van der Waals surface area contributed by atoms with E-state index in [1.165, 1.54) is 13.0 Å². The normalized spacial score (nSPS) is 13.0. The summed E-state index contributed by atoms with van der Waals surface area (Å²) in [4.78, 5) is 12.2. The van der Waals surface area contributed by atoms with Crippen molar-refractivity contribution in [1.82, 2.24) is 5.32 Å². The Labute approximate surface area is 130 Å². The van der Waals surface area contributed by atoms with Crippen LogP contribution in [0.1, 0.15) is 51.5 Å². The summed E-state index contributed by atoms with van der Waals surface area (Å²) in [7, 11) is 0. The number of hydrogen-bond acceptors (Lipinski definition) is 2. The van der Waals surface area contributed by atoms with Gasteiger partial charge in [-0.15, -0.1) is 0 Å². The van der Waals surface area contributed by atoms with Crippen LogP contribution in [0.3, 0.4) is 0 Å². The summed E-state index contributed by atoms with van der Waals surface area (Å²) in [6.07, 6.45) is 2.21. The monoisotopic (exact) mass is 313 g/mol. The maximum absolute atomic E-state index is 13.7. The maximum atomic E-state index is 13.7. The second kappa shape index (κ2) is 8.22. The van der Waals surface area contributed by atoms with Crippen molar-refractivity contribution in [3.63, 3.8) is 0 Å². The van der Waals surface area contributed by atoms with Crippen molar-refractivity contribution in [3.8, 4) is 0 Å². The van der Waals surface area contributed by atoms with Gasteiger partial charge >= 0.3 is 0 Å². The fourth-order valence-corrected chi connectivity index (χ4v) is 2.66. The molecule has 124 valence electrons. The van der Waals surface area contributed by atoms with Gasteiger partial charge < -0.3 is 10.4 Å². The van der Waals surface area contributed by atoms with Crippen molar-refractivity contribution in [1.29, 1.82) is 0 Å². The average Bonchev–Trinajstić information content (AvgIpc) is 2.51. The van der Waals surface area contributed by atoms with E-state index in [-0.39, 0.29) is 17.6 Å². The molecule has 0 saturated heterocycles. The van der Waals surface area contributed by atoms with Crippen LogP contribution in [0, 0.1) is 17.0 Å². The molecular formula is C17H25F2NO2. The predicted molar refractivity (Wildman–Crippen MR) is 82.5 cm³/mol. The number of nitrogens with one attached hydrogen (secondary N) is 1. The molecule has 0 fully saturated rings. The van der Waals surface area contributed by atoms with Gasteiger partial charge in [-0.05, 0) is 43.7 Å². The molecule has 3 nitrogen and oxygen atoms in total. The van der Waals surface area contributed by atoms with Crippen LogP contribution in [0.4, 0.5) is 8.78 Å². The van der Waals surface area contributed by atoms with Gasteiger partial charge in [0.1, 0.15) is 11.6 Å². The van der Waals surface area contributed by atoms with Crippen LogP contribution >= 0.6 is 0 Å². The molecule has 2 N–H and O–H groups in total. The molecule has 1 amide bonds. The van der Waals surface area contributed by atoms with Gasteiger partial charge in [0.15, 0.2) is 0 Å². The molecular weight excluding hydrogens is 288 g/mol. The number of aliphatic hydroxyl groups is 1. The molecule has 0 spiro atoms. The van der Waals surface area contributed by atoms with Crippen molar-refractivity contribution < 1.29 is 18.7 Å². The Morgan fingerprint density at radius 1 is 1.27 bits per heavy atom. The highest BCUT2D eigenvalue weighted by atomic mass is 19.1. The van der Waals surface area contributed by atoms with Gasteiger partial charge in [0.2, 0.25) is 5.91 Å². The molecule has 1 aromatic rings. The molecule has 22 heavy (non-hydrogen) atoms. The van der Waals surface area contributed by atoms with E-state index in [9.17, 15) is 18.7 Å². The molecule has 1 unspecified atom stereocenters. The number of benzene rings is 1. The maximum Gasteiger partial charge on any atom is 0.227 e. The van der Waals surface area contributed by atoms with E-state index >= 15 is 0 Å². The standard InChI is InChI=1S/C17H25F2NO2/c1-4-17(5-2,9-10-21)11-20-16(22)12(3)15-13(18)7-6-8-14(15)19/h6-8,12,21H,4-5,9-11H2,1-3H3,(H,20,22). The number of carbonyl (C=O) groups excluding carboxylic acids is 1. The Morgan fingerprint density at radius 2 is 1.82 bits per heavy atom. The molecule has 1 rings (SSSR count). The van der Waals surface area contributed by atoms with Crippen molar-refractivity contribution >= 4 is 5.91 Å². The smallest absolute Gasteiger partial charge is 0.227 e. The van der Waals surface area contributed by atoms with Crippen LogP contribution < -0.4 is 5.32 Å². The number of aliphatic hydroxyl groups excluding tert-OH is 1. The van der Waals surface area contributed by atoms with Gasteiger partial charge in [-0.25, -0.2) is 8.78 Å². The minimum absolute atomic E-state index is 0.0506. The molecule has 0 bridgehead atoms. The summed E-state index contributed by atoms with van der Waals surface area (Å²) in [6.45, 7) is 5.94. The lowest BCUT2D eigenvalue weighted by atomic mass is 9.79. The lowest BCUT2D eigenvalue weighted by molar-refractivity contribution is -0.123. The van der Waals surface area contributed by atoms with Gasteiger partial charge in [-0.2, -0.15) is 0 Å². The predicted octanol–water partition coefficient (Wildman–Crippen LogP) is 3.37. The Balaban J connectivity index is 2.80. The lowest BCUT2D eigenvalue weighted by Crippen LogP contribution is -2.39. The first-order chi connectivity index (χ1) is 10.4. The van der Waals surface area contributed by atoms with Crippen LogP contribution in [-0.4, -0.2) is 24.2 Å². The summed E-state index contributed by atoms with van der Waals surface area (Å²) in [6, 6.07) is 3.58. The van der Waals surface area contributed by atoms with Crippen molar-refractivity contribution in [2.75, 3.05) is 13.2 Å². The summed E-state index contributed by atoms with van der Waals surface area (Å²) in [5.74, 6) is -2.74. The summed E-state index contributed by atoms with van der Waals surface area (Å²) in [5.41, 5.74) is -0.390. The fourth-order valence-electron chi connectivity index (χ4n) is 2.66. The van der Waals surface area contributed by atoms with Crippen LogP contribution in [0.15, 0.2) is 18.2 Å². The lowest BCUT2D eigenvalue weighted by Gasteiger charge is -2.31. The van der Waals surface area contributed by atoms with Crippen molar-refractivity contribution in [3.05, 3.63) is 35.4 Å². The van der Waals surface area contributed by atoms with E-state index in [4.69, 9.17) is 0 Å². The van der Waals surface area contributed by atoms with E-state index in [0.717, 1.165) is 25.0 Å². The Morgan fingerprint density at radius 3 is 2.27 bits per heavy atom. The molecule has 0 saturated carbocycles. The SMILES string of the molecule is CCC(CC)(CCO)CNC(=O)C(C)c1c(F)cccc1F. The Kier molecular flexibility index (Phi) is 6.94. The first kappa shape index (κ1) is 18.6. The zero-order chi connectivity index (χ0) is 16.8. The molecule has 0 radical (unpaired) electrons. The molecule has 5 heteroatoms. The van der Waals surface area contributed by atoms with Gasteiger partial charge in [0, 0.05) is 18.7 Å². The third kappa shape index (κ3) is 4.26.